The first-order valence-corrected chi connectivity index (χ1v) is 12.4. The van der Waals surface area contributed by atoms with Crippen molar-refractivity contribution in [2.45, 2.75) is 83.8 Å². The van der Waals surface area contributed by atoms with Gasteiger partial charge in [-0.2, -0.15) is 0 Å². The van der Waals surface area contributed by atoms with E-state index in [0.717, 1.165) is 25.9 Å². The fraction of sp³-hybridized carbons (Fsp3) is 0.800. The molecule has 0 bridgehead atoms. The Morgan fingerprint density at radius 3 is 2.34 bits per heavy atom. The quantitative estimate of drug-likeness (QED) is 0.429. The second-order valence-electron chi connectivity index (χ2n) is 10.9. The van der Waals surface area contributed by atoms with E-state index in [2.05, 4.69) is 10.1 Å². The van der Waals surface area contributed by atoms with Gasteiger partial charge in [-0.05, 0) is 39.5 Å². The Morgan fingerprint density at radius 1 is 1.17 bits per heavy atom. The average Bonchev–Trinajstić information content (AvgIpc) is 3.41. The lowest BCUT2D eigenvalue weighted by molar-refractivity contribution is -0.163. The highest BCUT2D eigenvalue weighted by atomic mass is 16.7. The van der Waals surface area contributed by atoms with E-state index in [9.17, 15) is 14.7 Å². The first-order chi connectivity index (χ1) is 16.4. The number of carbonyl (C=O) groups excluding carboxylic acids is 2. The van der Waals surface area contributed by atoms with E-state index in [1.54, 1.807) is 35.0 Å². The summed E-state index contributed by atoms with van der Waals surface area (Å²) in [6, 6.07) is 0.996. The molecule has 1 N–H and O–H groups in total. The average molecular weight is 496 g/mol. The number of ether oxygens (including phenoxy) is 3. The molecule has 1 aromatic rings. The first-order valence-electron chi connectivity index (χ1n) is 12.4. The first kappa shape index (κ1) is 27.4. The summed E-state index contributed by atoms with van der Waals surface area (Å²) in [5, 5.41) is 14.5. The molecule has 0 spiro atoms. The number of amides is 1. The Labute approximate surface area is 207 Å². The zero-order chi connectivity index (χ0) is 25.9. The molecule has 2 aliphatic heterocycles. The molecule has 1 unspecified atom stereocenters. The van der Waals surface area contributed by atoms with Crippen LogP contribution in [-0.4, -0.2) is 84.9 Å². The molecule has 0 saturated carbocycles. The molecule has 3 atom stereocenters. The SMILES string of the molecule is COC(OC)C1CCN(c2cc([C@H](C(=O)N3CC(O)C[C@@H]3C(=O)OC(C)(C)C)C(C)C)on2)CC1. The van der Waals surface area contributed by atoms with Crippen molar-refractivity contribution in [2.24, 2.45) is 11.8 Å². The molecule has 3 heterocycles. The molecule has 1 aromatic heterocycles. The number of aliphatic hydroxyl groups is 1. The number of anilines is 1. The standard InChI is InChI=1S/C25H41N3O7/c1-15(2)21(22(30)28-14-17(29)12-18(28)23(31)34-25(3,4)5)19-13-20(26-35-19)27-10-8-16(9-11-27)24(32-6)33-7/h13,15-18,21,24,29H,8-12,14H2,1-7H3/t17?,18-,21-/m1/s1. The van der Waals surface area contributed by atoms with Crippen LogP contribution in [0.25, 0.3) is 0 Å². The third-order valence-electron chi connectivity index (χ3n) is 6.71. The molecule has 35 heavy (non-hydrogen) atoms. The molecule has 10 heteroatoms. The van der Waals surface area contributed by atoms with Crippen LogP contribution in [0.4, 0.5) is 5.82 Å². The van der Waals surface area contributed by atoms with E-state index < -0.39 is 29.6 Å². The molecular weight excluding hydrogens is 454 g/mol. The van der Waals surface area contributed by atoms with Gasteiger partial charge < -0.3 is 33.6 Å². The minimum atomic E-state index is -0.825. The number of nitrogens with zero attached hydrogens (tertiary/aromatic N) is 3. The Morgan fingerprint density at radius 2 is 1.80 bits per heavy atom. The highest BCUT2D eigenvalue weighted by molar-refractivity contribution is 5.89. The van der Waals surface area contributed by atoms with Crippen LogP contribution in [0.2, 0.25) is 0 Å². The number of likely N-dealkylation sites (tertiary alicyclic amines) is 1. The van der Waals surface area contributed by atoms with Gasteiger partial charge in [-0.25, -0.2) is 4.79 Å². The molecule has 2 fully saturated rings. The zero-order valence-electron chi connectivity index (χ0n) is 22.0. The lowest BCUT2D eigenvalue weighted by Gasteiger charge is -2.34. The van der Waals surface area contributed by atoms with Gasteiger partial charge >= 0.3 is 5.97 Å². The minimum absolute atomic E-state index is 0.0840. The van der Waals surface area contributed by atoms with Gasteiger partial charge in [0.2, 0.25) is 5.91 Å². The molecule has 1 amide bonds. The molecule has 198 valence electrons. The van der Waals surface area contributed by atoms with Crippen LogP contribution in [0.5, 0.6) is 0 Å². The fourth-order valence-corrected chi connectivity index (χ4v) is 5.02. The summed E-state index contributed by atoms with van der Waals surface area (Å²) in [6.07, 6.45) is 0.946. The van der Waals surface area contributed by atoms with Gasteiger partial charge in [0.15, 0.2) is 17.9 Å². The zero-order valence-corrected chi connectivity index (χ0v) is 22.0. The number of hydrogen-bond acceptors (Lipinski definition) is 9. The van der Waals surface area contributed by atoms with Crippen LogP contribution < -0.4 is 4.90 Å². The molecule has 2 saturated heterocycles. The summed E-state index contributed by atoms with van der Waals surface area (Å²) >= 11 is 0. The number of esters is 1. The minimum Gasteiger partial charge on any atom is -0.458 e. The van der Waals surface area contributed by atoms with Crippen molar-refractivity contribution in [2.75, 3.05) is 38.8 Å². The second kappa shape index (κ2) is 11.3. The smallest absolute Gasteiger partial charge is 0.329 e. The number of piperidine rings is 1. The third-order valence-corrected chi connectivity index (χ3v) is 6.71. The topological polar surface area (TPSA) is 115 Å². The number of rotatable bonds is 8. The van der Waals surface area contributed by atoms with Crippen molar-refractivity contribution in [3.8, 4) is 0 Å². The van der Waals surface area contributed by atoms with Gasteiger partial charge in [0, 0.05) is 52.3 Å². The van der Waals surface area contributed by atoms with Gasteiger partial charge in [0.25, 0.3) is 0 Å². The van der Waals surface area contributed by atoms with Crippen molar-refractivity contribution >= 4 is 17.7 Å². The third kappa shape index (κ3) is 6.54. The lowest BCUT2D eigenvalue weighted by atomic mass is 9.91. The predicted octanol–water partition coefficient (Wildman–Crippen LogP) is 2.55. The highest BCUT2D eigenvalue weighted by Gasteiger charge is 2.45. The Bertz CT molecular complexity index is 853. The van der Waals surface area contributed by atoms with Crippen molar-refractivity contribution in [3.63, 3.8) is 0 Å². The van der Waals surface area contributed by atoms with E-state index >= 15 is 0 Å². The lowest BCUT2D eigenvalue weighted by Crippen LogP contribution is -2.46. The van der Waals surface area contributed by atoms with Crippen molar-refractivity contribution in [1.82, 2.24) is 10.1 Å². The maximum Gasteiger partial charge on any atom is 0.329 e. The molecule has 2 aliphatic rings. The normalized spacial score (nSPS) is 22.8. The van der Waals surface area contributed by atoms with Crippen LogP contribution >= 0.6 is 0 Å². The van der Waals surface area contributed by atoms with Gasteiger partial charge in [-0.1, -0.05) is 19.0 Å². The Hall–Kier alpha value is -2.17. The van der Waals surface area contributed by atoms with Crippen LogP contribution in [0, 0.1) is 11.8 Å². The summed E-state index contributed by atoms with van der Waals surface area (Å²) < 4.78 is 22.0. The van der Waals surface area contributed by atoms with Crippen LogP contribution in [0.1, 0.15) is 65.6 Å². The molecule has 10 nitrogen and oxygen atoms in total. The van der Waals surface area contributed by atoms with Crippen LogP contribution in [0.3, 0.4) is 0 Å². The van der Waals surface area contributed by atoms with Gasteiger partial charge in [0.1, 0.15) is 17.6 Å². The number of carbonyl (C=O) groups is 2. The monoisotopic (exact) mass is 495 g/mol. The van der Waals surface area contributed by atoms with Crippen molar-refractivity contribution in [1.29, 1.82) is 0 Å². The number of β-amino-alcohol motifs (C(OH)–C–C–N with tert-alkyl or cyclic N) is 1. The summed E-state index contributed by atoms with van der Waals surface area (Å²) in [5.41, 5.74) is -0.684. The van der Waals surface area contributed by atoms with Crippen LogP contribution in [0.15, 0.2) is 10.6 Å². The largest absolute Gasteiger partial charge is 0.458 e. The summed E-state index contributed by atoms with van der Waals surface area (Å²) in [6.45, 7) is 10.8. The number of aromatic nitrogens is 1. The van der Waals surface area contributed by atoms with Crippen LogP contribution in [-0.2, 0) is 23.8 Å². The Balaban J connectivity index is 1.73. The van der Waals surface area contributed by atoms with E-state index in [1.165, 1.54) is 4.90 Å². The predicted molar refractivity (Wildman–Crippen MR) is 129 cm³/mol. The second-order valence-corrected chi connectivity index (χ2v) is 10.9. The summed E-state index contributed by atoms with van der Waals surface area (Å²) in [7, 11) is 3.31. The molecule has 0 aliphatic carbocycles. The number of methoxy groups -OCH3 is 2. The molecular formula is C25H41N3O7. The molecule has 3 rings (SSSR count). The van der Waals surface area contributed by atoms with Gasteiger partial charge in [-0.3, -0.25) is 4.79 Å². The maximum absolute atomic E-state index is 13.7. The van der Waals surface area contributed by atoms with Crippen molar-refractivity contribution < 1.29 is 33.4 Å². The molecule has 0 radical (unpaired) electrons. The summed E-state index contributed by atoms with van der Waals surface area (Å²) in [4.78, 5) is 30.0. The number of aliphatic hydroxyl groups excluding tert-OH is 1. The van der Waals surface area contributed by atoms with E-state index in [-0.39, 0.29) is 31.1 Å². The van der Waals surface area contributed by atoms with Gasteiger partial charge in [0.05, 0.1) is 6.10 Å². The Kier molecular flexibility index (Phi) is 8.82. The van der Waals surface area contributed by atoms with E-state index in [0.29, 0.717) is 17.5 Å². The van der Waals surface area contributed by atoms with Gasteiger partial charge in [-0.15, -0.1) is 0 Å². The van der Waals surface area contributed by atoms with E-state index in [4.69, 9.17) is 18.7 Å². The number of hydrogen-bond donors (Lipinski definition) is 1. The summed E-state index contributed by atoms with van der Waals surface area (Å²) in [5.74, 6) is -0.0468. The fourth-order valence-electron chi connectivity index (χ4n) is 5.02. The van der Waals surface area contributed by atoms with E-state index in [1.807, 2.05) is 19.9 Å². The van der Waals surface area contributed by atoms with Crippen molar-refractivity contribution in [3.05, 3.63) is 11.8 Å². The highest BCUT2D eigenvalue weighted by Crippen LogP contribution is 2.34. The molecule has 0 aromatic carbocycles. The maximum atomic E-state index is 13.7.